The maximum atomic E-state index is 13.6. The van der Waals surface area contributed by atoms with Gasteiger partial charge in [0, 0.05) is 33.4 Å². The molecule has 2 heterocycles. The van der Waals surface area contributed by atoms with Gasteiger partial charge in [0.25, 0.3) is 11.7 Å². The largest absolute Gasteiger partial charge is 0.507 e. The quantitative estimate of drug-likeness (QED) is 0.164. The number of carbonyl (C=O) groups excluding carboxylic acids is 2. The number of hydrogen-bond donors (Lipinski definition) is 2. The molecule has 1 unspecified atom stereocenters. The number of aromatic amines is 1. The first-order valence-electron chi connectivity index (χ1n) is 11.8. The third-order valence-corrected chi connectivity index (χ3v) is 7.32. The standard InChI is InChI=1S/C29H24Cl2N2O4/c1-4-16-9-11-18(12-10-16)33-25(23-15(2)32-22-8-6-5-7-19(22)23)24(27(35)29(33)36)26(34)17-13-20(30)28(37-3)21(31)14-17/h5-14,25,32,34H,4H2,1-3H3/b26-24+. The van der Waals surface area contributed by atoms with Gasteiger partial charge >= 0.3 is 0 Å². The van der Waals surface area contributed by atoms with Gasteiger partial charge in [-0.1, -0.05) is 60.5 Å². The molecule has 5 rings (SSSR count). The van der Waals surface area contributed by atoms with Crippen molar-refractivity contribution in [3.05, 3.63) is 98.7 Å². The van der Waals surface area contributed by atoms with Gasteiger partial charge in [-0.05, 0) is 49.2 Å². The number of anilines is 1. The van der Waals surface area contributed by atoms with Crippen molar-refractivity contribution in [1.82, 2.24) is 4.98 Å². The number of halogens is 2. The average Bonchev–Trinajstić information content (AvgIpc) is 3.35. The number of aromatic nitrogens is 1. The van der Waals surface area contributed by atoms with E-state index >= 15 is 0 Å². The molecule has 6 nitrogen and oxygen atoms in total. The number of para-hydroxylation sites is 1. The van der Waals surface area contributed by atoms with Crippen molar-refractivity contribution in [2.24, 2.45) is 0 Å². The number of ether oxygens (including phenoxy) is 1. The zero-order chi connectivity index (χ0) is 26.4. The highest BCUT2D eigenvalue weighted by molar-refractivity contribution is 6.52. The normalized spacial score (nSPS) is 17.1. The minimum Gasteiger partial charge on any atom is -0.507 e. The van der Waals surface area contributed by atoms with Gasteiger partial charge in [0.2, 0.25) is 0 Å². The van der Waals surface area contributed by atoms with E-state index in [0.717, 1.165) is 34.1 Å². The highest BCUT2D eigenvalue weighted by Gasteiger charge is 2.48. The van der Waals surface area contributed by atoms with Gasteiger partial charge in [-0.15, -0.1) is 0 Å². The topological polar surface area (TPSA) is 82.6 Å². The molecule has 3 aromatic carbocycles. The number of rotatable bonds is 5. The summed E-state index contributed by atoms with van der Waals surface area (Å²) in [6.07, 6.45) is 0.836. The summed E-state index contributed by atoms with van der Waals surface area (Å²) in [5, 5.41) is 12.7. The smallest absolute Gasteiger partial charge is 0.300 e. The fourth-order valence-corrected chi connectivity index (χ4v) is 5.60. The molecule has 1 saturated heterocycles. The molecule has 0 saturated carbocycles. The fourth-order valence-electron chi connectivity index (χ4n) is 4.96. The number of carbonyl (C=O) groups is 2. The Kier molecular flexibility index (Phi) is 6.48. The van der Waals surface area contributed by atoms with Crippen LogP contribution in [0.4, 0.5) is 5.69 Å². The van der Waals surface area contributed by atoms with E-state index in [2.05, 4.69) is 4.98 Å². The zero-order valence-electron chi connectivity index (χ0n) is 20.4. The summed E-state index contributed by atoms with van der Waals surface area (Å²) in [7, 11) is 1.43. The maximum absolute atomic E-state index is 13.6. The van der Waals surface area contributed by atoms with E-state index in [1.54, 1.807) is 0 Å². The molecule has 1 atom stereocenters. The van der Waals surface area contributed by atoms with Gasteiger partial charge in [-0.2, -0.15) is 0 Å². The van der Waals surface area contributed by atoms with Crippen molar-refractivity contribution in [3.8, 4) is 5.75 Å². The molecule has 1 aromatic heterocycles. The van der Waals surface area contributed by atoms with Crippen LogP contribution in [-0.4, -0.2) is 28.9 Å². The molecular weight excluding hydrogens is 511 g/mol. The van der Waals surface area contributed by atoms with Gasteiger partial charge in [0.15, 0.2) is 5.75 Å². The van der Waals surface area contributed by atoms with Crippen molar-refractivity contribution in [1.29, 1.82) is 0 Å². The average molecular weight is 535 g/mol. The molecule has 0 bridgehead atoms. The highest BCUT2D eigenvalue weighted by Crippen LogP contribution is 2.46. The third kappa shape index (κ3) is 4.06. The minimum atomic E-state index is -0.886. The van der Waals surface area contributed by atoms with Crippen molar-refractivity contribution < 1.29 is 19.4 Å². The molecular formula is C29H24Cl2N2O4. The number of nitrogens with one attached hydrogen (secondary N) is 1. The number of aliphatic hydroxyl groups is 1. The van der Waals surface area contributed by atoms with Crippen LogP contribution in [0.15, 0.2) is 66.2 Å². The molecule has 2 N–H and O–H groups in total. The minimum absolute atomic E-state index is 0.0466. The van der Waals surface area contributed by atoms with Crippen LogP contribution in [0.2, 0.25) is 10.0 Å². The van der Waals surface area contributed by atoms with Crippen molar-refractivity contribution >= 4 is 57.2 Å². The molecule has 188 valence electrons. The molecule has 8 heteroatoms. The second-order valence-electron chi connectivity index (χ2n) is 8.87. The summed E-state index contributed by atoms with van der Waals surface area (Å²) in [6, 6.07) is 17.2. The first-order valence-corrected chi connectivity index (χ1v) is 12.5. The van der Waals surface area contributed by atoms with Gasteiger partial charge in [-0.3, -0.25) is 14.5 Å². The Morgan fingerprint density at radius 1 is 1.05 bits per heavy atom. The number of H-pyrrole nitrogens is 1. The van der Waals surface area contributed by atoms with E-state index in [-0.39, 0.29) is 32.7 Å². The lowest BCUT2D eigenvalue weighted by molar-refractivity contribution is -0.132. The van der Waals surface area contributed by atoms with E-state index in [1.165, 1.54) is 24.1 Å². The SMILES string of the molecule is CCc1ccc(N2C(=O)C(=O)/C(=C(/O)c3cc(Cl)c(OC)c(Cl)c3)C2c2c(C)[nH]c3ccccc23)cc1. The van der Waals surface area contributed by atoms with E-state index in [4.69, 9.17) is 27.9 Å². The number of hydrogen-bond acceptors (Lipinski definition) is 4. The van der Waals surface area contributed by atoms with Crippen molar-refractivity contribution in [2.75, 3.05) is 12.0 Å². The zero-order valence-corrected chi connectivity index (χ0v) is 21.9. The number of ketones is 1. The summed E-state index contributed by atoms with van der Waals surface area (Å²) in [5.74, 6) is -1.64. The Labute approximate surface area is 224 Å². The van der Waals surface area contributed by atoms with E-state index in [9.17, 15) is 14.7 Å². The Bertz CT molecular complexity index is 1560. The summed E-state index contributed by atoms with van der Waals surface area (Å²) < 4.78 is 5.22. The number of fused-ring (bicyclic) bond motifs is 1. The van der Waals surface area contributed by atoms with Crippen LogP contribution in [0.25, 0.3) is 16.7 Å². The highest BCUT2D eigenvalue weighted by atomic mass is 35.5. The first kappa shape index (κ1) is 24.9. The lowest BCUT2D eigenvalue weighted by Crippen LogP contribution is -2.29. The summed E-state index contributed by atoms with van der Waals surface area (Å²) in [4.78, 5) is 31.9. The molecule has 4 aromatic rings. The predicted molar refractivity (Wildman–Crippen MR) is 147 cm³/mol. The number of methoxy groups -OCH3 is 1. The molecule has 1 amide bonds. The lowest BCUT2D eigenvalue weighted by atomic mass is 9.93. The second kappa shape index (κ2) is 9.61. The molecule has 0 aliphatic carbocycles. The monoisotopic (exact) mass is 534 g/mol. The number of aryl methyl sites for hydroxylation is 2. The number of aliphatic hydroxyl groups excluding tert-OH is 1. The maximum Gasteiger partial charge on any atom is 0.300 e. The van der Waals surface area contributed by atoms with Crippen LogP contribution < -0.4 is 9.64 Å². The van der Waals surface area contributed by atoms with Crippen LogP contribution in [0.3, 0.4) is 0 Å². The fraction of sp³-hybridized carbons (Fsp3) is 0.172. The number of amides is 1. The Morgan fingerprint density at radius 2 is 1.70 bits per heavy atom. The van der Waals surface area contributed by atoms with Gasteiger partial charge in [0.1, 0.15) is 5.76 Å². The van der Waals surface area contributed by atoms with E-state index < -0.39 is 17.7 Å². The Balaban J connectivity index is 1.80. The number of nitrogens with zero attached hydrogens (tertiary/aromatic N) is 1. The summed E-state index contributed by atoms with van der Waals surface area (Å²) >= 11 is 12.7. The molecule has 1 aliphatic heterocycles. The second-order valence-corrected chi connectivity index (χ2v) is 9.69. The van der Waals surface area contributed by atoms with Crippen molar-refractivity contribution in [2.45, 2.75) is 26.3 Å². The summed E-state index contributed by atoms with van der Waals surface area (Å²) in [5.41, 5.74) is 4.17. The van der Waals surface area contributed by atoms with Crippen LogP contribution in [-0.2, 0) is 16.0 Å². The van der Waals surface area contributed by atoms with Crippen LogP contribution in [0.1, 0.15) is 35.3 Å². The molecule has 37 heavy (non-hydrogen) atoms. The molecule has 0 radical (unpaired) electrons. The Morgan fingerprint density at radius 3 is 2.32 bits per heavy atom. The third-order valence-electron chi connectivity index (χ3n) is 6.76. The Hall–Kier alpha value is -3.74. The van der Waals surface area contributed by atoms with E-state index in [1.807, 2.05) is 62.4 Å². The molecule has 0 spiro atoms. The van der Waals surface area contributed by atoms with E-state index in [0.29, 0.717) is 5.69 Å². The molecule has 1 fully saturated rings. The first-order chi connectivity index (χ1) is 17.8. The number of benzene rings is 3. The van der Waals surface area contributed by atoms with Crippen LogP contribution >= 0.6 is 23.2 Å². The summed E-state index contributed by atoms with van der Waals surface area (Å²) in [6.45, 7) is 3.93. The number of Topliss-reactive ketones (excluding diaryl/α,β-unsaturated/α-hetero) is 1. The van der Waals surface area contributed by atoms with Gasteiger partial charge in [-0.25, -0.2) is 0 Å². The van der Waals surface area contributed by atoms with Gasteiger partial charge < -0.3 is 14.8 Å². The van der Waals surface area contributed by atoms with Crippen LogP contribution in [0, 0.1) is 6.92 Å². The van der Waals surface area contributed by atoms with Gasteiger partial charge in [0.05, 0.1) is 28.8 Å². The predicted octanol–water partition coefficient (Wildman–Crippen LogP) is 6.98. The van der Waals surface area contributed by atoms with Crippen LogP contribution in [0.5, 0.6) is 5.75 Å². The lowest BCUT2D eigenvalue weighted by Gasteiger charge is -2.26. The molecule has 1 aliphatic rings. The van der Waals surface area contributed by atoms with Crippen molar-refractivity contribution in [3.63, 3.8) is 0 Å².